The van der Waals surface area contributed by atoms with Gasteiger partial charge < -0.3 is 5.73 Å². The lowest BCUT2D eigenvalue weighted by Crippen LogP contribution is -2.31. The van der Waals surface area contributed by atoms with Crippen molar-refractivity contribution < 1.29 is 13.2 Å². The molecule has 0 spiro atoms. The molecule has 0 unspecified atom stereocenters. The van der Waals surface area contributed by atoms with E-state index >= 15 is 0 Å². The van der Waals surface area contributed by atoms with Crippen LogP contribution in [-0.4, -0.2) is 18.6 Å². The zero-order chi connectivity index (χ0) is 12.0. The third kappa shape index (κ3) is 4.33. The average molecular weight is 230 g/mol. The number of rotatable bonds is 4. The summed E-state index contributed by atoms with van der Waals surface area (Å²) in [6.45, 7) is 0.0975. The fourth-order valence-corrected chi connectivity index (χ4v) is 1.22. The maximum Gasteiger partial charge on any atom is 0.448 e. The van der Waals surface area contributed by atoms with E-state index in [0.717, 1.165) is 5.56 Å². The lowest BCUT2D eigenvalue weighted by Gasteiger charge is -2.04. The van der Waals surface area contributed by atoms with Crippen LogP contribution in [-0.2, 0) is 6.42 Å². The van der Waals surface area contributed by atoms with Gasteiger partial charge in [0, 0.05) is 6.54 Å². The van der Waals surface area contributed by atoms with Crippen LogP contribution in [0.25, 0.3) is 0 Å². The van der Waals surface area contributed by atoms with Crippen LogP contribution in [0.15, 0.2) is 35.3 Å². The van der Waals surface area contributed by atoms with E-state index in [9.17, 15) is 13.2 Å². The van der Waals surface area contributed by atoms with Crippen molar-refractivity contribution in [1.29, 1.82) is 0 Å². The van der Waals surface area contributed by atoms with E-state index in [-0.39, 0.29) is 6.54 Å². The monoisotopic (exact) mass is 230 g/mol. The highest BCUT2D eigenvalue weighted by molar-refractivity contribution is 5.85. The number of hydrogen-bond donors (Lipinski definition) is 1. The molecule has 2 N–H and O–H groups in total. The van der Waals surface area contributed by atoms with Gasteiger partial charge in [-0.05, 0) is 18.4 Å². The van der Waals surface area contributed by atoms with E-state index in [1.165, 1.54) is 0 Å². The van der Waals surface area contributed by atoms with Crippen molar-refractivity contribution in [3.05, 3.63) is 35.9 Å². The third-order valence-corrected chi connectivity index (χ3v) is 2.04. The highest BCUT2D eigenvalue weighted by Gasteiger charge is 2.33. The van der Waals surface area contributed by atoms with Crippen molar-refractivity contribution >= 4 is 5.84 Å². The van der Waals surface area contributed by atoms with Crippen molar-refractivity contribution in [3.8, 4) is 0 Å². The molecule has 0 heterocycles. The molecule has 1 aromatic rings. The van der Waals surface area contributed by atoms with Gasteiger partial charge in [-0.2, -0.15) is 13.2 Å². The summed E-state index contributed by atoms with van der Waals surface area (Å²) in [4.78, 5) is 3.28. The molecule has 0 fully saturated rings. The van der Waals surface area contributed by atoms with Gasteiger partial charge >= 0.3 is 6.18 Å². The Morgan fingerprint density at radius 1 is 1.19 bits per heavy atom. The average Bonchev–Trinajstić information content (AvgIpc) is 2.24. The minimum absolute atomic E-state index is 0.0975. The summed E-state index contributed by atoms with van der Waals surface area (Å²) >= 11 is 0. The fourth-order valence-electron chi connectivity index (χ4n) is 1.22. The SMILES string of the molecule is NC(=NCCCc1ccccc1)C(F)(F)F. The number of benzene rings is 1. The molecular formula is C11H13F3N2. The Bertz CT molecular complexity index is 344. The lowest BCUT2D eigenvalue weighted by molar-refractivity contribution is -0.0600. The van der Waals surface area contributed by atoms with E-state index in [1.54, 1.807) is 0 Å². The van der Waals surface area contributed by atoms with E-state index in [2.05, 4.69) is 4.99 Å². The molecule has 1 rings (SSSR count). The van der Waals surface area contributed by atoms with Crippen LogP contribution in [0.1, 0.15) is 12.0 Å². The topological polar surface area (TPSA) is 38.4 Å². The van der Waals surface area contributed by atoms with Crippen molar-refractivity contribution in [2.75, 3.05) is 6.54 Å². The van der Waals surface area contributed by atoms with Crippen LogP contribution in [0.4, 0.5) is 13.2 Å². The second-order valence-corrected chi connectivity index (χ2v) is 3.35. The third-order valence-electron chi connectivity index (χ3n) is 2.04. The molecule has 0 bridgehead atoms. The van der Waals surface area contributed by atoms with Gasteiger partial charge in [0.05, 0.1) is 0 Å². The number of amidine groups is 1. The first-order chi connectivity index (χ1) is 7.50. The number of nitrogens with zero attached hydrogens (tertiary/aromatic N) is 1. The number of halogens is 3. The quantitative estimate of drug-likeness (QED) is 0.482. The molecule has 0 radical (unpaired) electrons. The van der Waals surface area contributed by atoms with E-state index in [0.29, 0.717) is 12.8 Å². The zero-order valence-corrected chi connectivity index (χ0v) is 8.67. The van der Waals surface area contributed by atoms with Crippen LogP contribution >= 0.6 is 0 Å². The highest BCUT2D eigenvalue weighted by atomic mass is 19.4. The van der Waals surface area contributed by atoms with E-state index in [4.69, 9.17) is 5.73 Å². The van der Waals surface area contributed by atoms with Crippen molar-refractivity contribution in [2.45, 2.75) is 19.0 Å². The summed E-state index contributed by atoms with van der Waals surface area (Å²) in [5, 5.41) is 0. The van der Waals surface area contributed by atoms with Crippen molar-refractivity contribution in [2.24, 2.45) is 10.7 Å². The Morgan fingerprint density at radius 2 is 1.81 bits per heavy atom. The molecule has 0 amide bonds. The molecule has 0 saturated heterocycles. The van der Waals surface area contributed by atoms with Crippen LogP contribution in [0.5, 0.6) is 0 Å². The van der Waals surface area contributed by atoms with Gasteiger partial charge in [-0.3, -0.25) is 4.99 Å². The molecule has 2 nitrogen and oxygen atoms in total. The fraction of sp³-hybridized carbons (Fsp3) is 0.364. The Morgan fingerprint density at radius 3 is 2.38 bits per heavy atom. The summed E-state index contributed by atoms with van der Waals surface area (Å²) in [7, 11) is 0. The zero-order valence-electron chi connectivity index (χ0n) is 8.67. The van der Waals surface area contributed by atoms with Gasteiger partial charge in [0.15, 0.2) is 0 Å². The predicted molar refractivity (Wildman–Crippen MR) is 57.3 cm³/mol. The first-order valence-corrected chi connectivity index (χ1v) is 4.91. The number of alkyl halides is 3. The molecule has 0 aliphatic rings. The second-order valence-electron chi connectivity index (χ2n) is 3.35. The molecule has 0 aromatic heterocycles. The Balaban J connectivity index is 2.32. The molecule has 16 heavy (non-hydrogen) atoms. The Hall–Kier alpha value is -1.52. The number of aryl methyl sites for hydroxylation is 1. The van der Waals surface area contributed by atoms with Gasteiger partial charge in [-0.15, -0.1) is 0 Å². The van der Waals surface area contributed by atoms with E-state index in [1.807, 2.05) is 30.3 Å². The predicted octanol–water partition coefficient (Wildman–Crippen LogP) is 2.54. The number of aliphatic imine (C=N–C) groups is 1. The van der Waals surface area contributed by atoms with Crippen molar-refractivity contribution in [1.82, 2.24) is 0 Å². The van der Waals surface area contributed by atoms with Gasteiger partial charge in [0.1, 0.15) is 0 Å². The van der Waals surface area contributed by atoms with Gasteiger partial charge in [0.25, 0.3) is 0 Å². The summed E-state index contributed by atoms with van der Waals surface area (Å²) < 4.78 is 35.8. The molecular weight excluding hydrogens is 217 g/mol. The minimum Gasteiger partial charge on any atom is -0.380 e. The van der Waals surface area contributed by atoms with Crippen LogP contribution in [0.2, 0.25) is 0 Å². The lowest BCUT2D eigenvalue weighted by atomic mass is 10.1. The maximum atomic E-state index is 11.9. The Labute approximate surface area is 92.0 Å². The molecule has 0 aliphatic heterocycles. The summed E-state index contributed by atoms with van der Waals surface area (Å²) in [6.07, 6.45) is -3.25. The molecule has 0 saturated carbocycles. The van der Waals surface area contributed by atoms with Gasteiger partial charge in [0.2, 0.25) is 5.84 Å². The standard InChI is InChI=1S/C11H13F3N2/c12-11(13,14)10(15)16-8-4-7-9-5-2-1-3-6-9/h1-3,5-6H,4,7-8H2,(H2,15,16). The molecule has 5 heteroatoms. The Kier molecular flexibility index (Phi) is 4.34. The van der Waals surface area contributed by atoms with E-state index < -0.39 is 12.0 Å². The summed E-state index contributed by atoms with van der Waals surface area (Å²) in [5.74, 6) is -1.25. The largest absolute Gasteiger partial charge is 0.448 e. The summed E-state index contributed by atoms with van der Waals surface area (Å²) in [6, 6.07) is 9.53. The normalized spacial score (nSPS) is 12.8. The number of hydrogen-bond acceptors (Lipinski definition) is 1. The number of nitrogens with two attached hydrogens (primary N) is 1. The first kappa shape index (κ1) is 12.5. The highest BCUT2D eigenvalue weighted by Crippen LogP contribution is 2.14. The maximum absolute atomic E-state index is 11.9. The second kappa shape index (κ2) is 5.53. The van der Waals surface area contributed by atoms with Crippen molar-refractivity contribution in [3.63, 3.8) is 0 Å². The molecule has 88 valence electrons. The van der Waals surface area contributed by atoms with Crippen LogP contribution in [0, 0.1) is 0 Å². The molecule has 0 atom stereocenters. The van der Waals surface area contributed by atoms with Crippen LogP contribution in [0.3, 0.4) is 0 Å². The van der Waals surface area contributed by atoms with Gasteiger partial charge in [-0.25, -0.2) is 0 Å². The minimum atomic E-state index is -4.51. The first-order valence-electron chi connectivity index (χ1n) is 4.91. The smallest absolute Gasteiger partial charge is 0.380 e. The van der Waals surface area contributed by atoms with Gasteiger partial charge in [-0.1, -0.05) is 30.3 Å². The summed E-state index contributed by atoms with van der Waals surface area (Å²) in [5.41, 5.74) is 5.84. The molecule has 0 aliphatic carbocycles. The van der Waals surface area contributed by atoms with Crippen LogP contribution < -0.4 is 5.73 Å². The molecule has 1 aromatic carbocycles.